The zero-order valence-electron chi connectivity index (χ0n) is 15.3. The zero-order chi connectivity index (χ0) is 18.1. The highest BCUT2D eigenvalue weighted by Crippen LogP contribution is 2.45. The monoisotopic (exact) mass is 351 g/mol. The quantitative estimate of drug-likeness (QED) is 0.884. The molecule has 0 fully saturated rings. The largest absolute Gasteiger partial charge is 0.494 e. The van der Waals surface area contributed by atoms with Crippen LogP contribution in [0.4, 0.5) is 0 Å². The average Bonchev–Trinajstić information content (AvgIpc) is 2.66. The van der Waals surface area contributed by atoms with E-state index in [1.807, 2.05) is 24.3 Å². The summed E-state index contributed by atoms with van der Waals surface area (Å²) < 4.78 is 5.68. The minimum atomic E-state index is -0.220. The number of ketones is 2. The molecular formula is C22H25NO3. The molecule has 3 aliphatic rings. The number of carbonyl (C=O) groups excluding carboxylic acids is 2. The standard InChI is InChI=1S/C22H25NO3/c1-2-13-26-15-11-9-14(10-12-15)20-21-16(5-3-7-18(21)24)23-17-6-4-8-19(25)22(17)20/h9-12,20,23H,2-8,13H2,1H3. The van der Waals surface area contributed by atoms with Gasteiger partial charge in [0.2, 0.25) is 0 Å². The van der Waals surface area contributed by atoms with Crippen molar-refractivity contribution >= 4 is 11.6 Å². The van der Waals surface area contributed by atoms with Crippen molar-refractivity contribution in [2.24, 2.45) is 0 Å². The summed E-state index contributed by atoms with van der Waals surface area (Å²) in [6, 6.07) is 7.93. The second-order valence-electron chi connectivity index (χ2n) is 7.31. The van der Waals surface area contributed by atoms with Crippen LogP contribution in [0.2, 0.25) is 0 Å². The summed E-state index contributed by atoms with van der Waals surface area (Å²) in [7, 11) is 0. The predicted molar refractivity (Wildman–Crippen MR) is 99.9 cm³/mol. The van der Waals surface area contributed by atoms with Crippen LogP contribution in [0.25, 0.3) is 0 Å². The minimum Gasteiger partial charge on any atom is -0.494 e. The minimum absolute atomic E-state index is 0.181. The van der Waals surface area contributed by atoms with Crippen LogP contribution in [-0.2, 0) is 9.59 Å². The summed E-state index contributed by atoms with van der Waals surface area (Å²) in [6.07, 6.45) is 5.67. The number of hydrogen-bond acceptors (Lipinski definition) is 4. The molecule has 0 spiro atoms. The van der Waals surface area contributed by atoms with Crippen LogP contribution in [0.3, 0.4) is 0 Å². The van der Waals surface area contributed by atoms with Crippen molar-refractivity contribution in [2.45, 2.75) is 57.8 Å². The molecule has 2 aliphatic carbocycles. The van der Waals surface area contributed by atoms with Crippen LogP contribution < -0.4 is 10.1 Å². The third-order valence-electron chi connectivity index (χ3n) is 5.48. The van der Waals surface area contributed by atoms with E-state index in [0.717, 1.165) is 66.0 Å². The maximum absolute atomic E-state index is 12.7. The fourth-order valence-electron chi connectivity index (χ4n) is 4.29. The fraction of sp³-hybridized carbons (Fsp3) is 0.455. The van der Waals surface area contributed by atoms with Gasteiger partial charge in [-0.05, 0) is 49.8 Å². The smallest absolute Gasteiger partial charge is 0.161 e. The Morgan fingerprint density at radius 3 is 2.04 bits per heavy atom. The number of Topliss-reactive ketones (excluding diaryl/α,β-unsaturated/α-hetero) is 2. The molecule has 1 aromatic carbocycles. The van der Waals surface area contributed by atoms with E-state index in [2.05, 4.69) is 12.2 Å². The number of ether oxygens (including phenoxy) is 1. The highest BCUT2D eigenvalue weighted by atomic mass is 16.5. The topological polar surface area (TPSA) is 55.4 Å². The molecule has 1 aliphatic heterocycles. The summed E-state index contributed by atoms with van der Waals surface area (Å²) in [5, 5.41) is 3.45. The maximum atomic E-state index is 12.7. The molecule has 0 bridgehead atoms. The lowest BCUT2D eigenvalue weighted by atomic mass is 9.71. The van der Waals surface area contributed by atoms with Gasteiger partial charge in [0.25, 0.3) is 0 Å². The van der Waals surface area contributed by atoms with Crippen molar-refractivity contribution in [1.29, 1.82) is 0 Å². The predicted octanol–water partition coefficient (Wildman–Crippen LogP) is 4.18. The Bertz CT molecular complexity index is 759. The molecule has 1 aromatic rings. The SMILES string of the molecule is CCCOc1ccc(C2C3=C(CCCC3=O)NC3=C2C(=O)CCC3)cc1. The van der Waals surface area contributed by atoms with Gasteiger partial charge >= 0.3 is 0 Å². The number of hydrogen-bond donors (Lipinski definition) is 1. The molecule has 4 nitrogen and oxygen atoms in total. The average molecular weight is 351 g/mol. The number of dihydropyridines is 1. The van der Waals surface area contributed by atoms with Crippen LogP contribution in [0.15, 0.2) is 46.8 Å². The molecule has 4 rings (SSSR count). The van der Waals surface area contributed by atoms with Crippen molar-refractivity contribution in [1.82, 2.24) is 5.32 Å². The molecule has 1 N–H and O–H groups in total. The molecular weight excluding hydrogens is 326 g/mol. The van der Waals surface area contributed by atoms with Crippen molar-refractivity contribution in [3.05, 3.63) is 52.4 Å². The van der Waals surface area contributed by atoms with Gasteiger partial charge in [0.05, 0.1) is 6.61 Å². The zero-order valence-corrected chi connectivity index (χ0v) is 15.3. The lowest BCUT2D eigenvalue weighted by Gasteiger charge is -2.37. The van der Waals surface area contributed by atoms with Crippen LogP contribution in [0.1, 0.15) is 63.4 Å². The van der Waals surface area contributed by atoms with Crippen molar-refractivity contribution < 1.29 is 14.3 Å². The summed E-state index contributed by atoms with van der Waals surface area (Å²) in [4.78, 5) is 25.5. The molecule has 0 saturated carbocycles. The van der Waals surface area contributed by atoms with E-state index in [0.29, 0.717) is 19.4 Å². The van der Waals surface area contributed by atoms with Gasteiger partial charge in [-0.3, -0.25) is 9.59 Å². The highest BCUT2D eigenvalue weighted by molar-refractivity contribution is 6.06. The Hall–Kier alpha value is -2.36. The maximum Gasteiger partial charge on any atom is 0.161 e. The second-order valence-corrected chi connectivity index (χ2v) is 7.31. The molecule has 0 atom stereocenters. The lowest BCUT2D eigenvalue weighted by molar-refractivity contribution is -0.116. The summed E-state index contributed by atoms with van der Waals surface area (Å²) in [6.45, 7) is 2.77. The Morgan fingerprint density at radius 1 is 0.923 bits per heavy atom. The number of carbonyl (C=O) groups is 2. The van der Waals surface area contributed by atoms with Crippen LogP contribution in [0.5, 0.6) is 5.75 Å². The van der Waals surface area contributed by atoms with Crippen LogP contribution in [-0.4, -0.2) is 18.2 Å². The van der Waals surface area contributed by atoms with Gasteiger partial charge in [-0.15, -0.1) is 0 Å². The molecule has 0 radical (unpaired) electrons. The van der Waals surface area contributed by atoms with Crippen molar-refractivity contribution in [2.75, 3.05) is 6.61 Å². The highest BCUT2D eigenvalue weighted by Gasteiger charge is 2.40. The lowest BCUT2D eigenvalue weighted by Crippen LogP contribution is -2.36. The van der Waals surface area contributed by atoms with Gasteiger partial charge in [0.15, 0.2) is 11.6 Å². The molecule has 0 saturated heterocycles. The van der Waals surface area contributed by atoms with Crippen molar-refractivity contribution in [3.63, 3.8) is 0 Å². The number of nitrogens with one attached hydrogen (secondary N) is 1. The van der Waals surface area contributed by atoms with E-state index in [4.69, 9.17) is 4.74 Å². The molecule has 4 heteroatoms. The third kappa shape index (κ3) is 2.98. The Morgan fingerprint density at radius 2 is 1.50 bits per heavy atom. The van der Waals surface area contributed by atoms with Gasteiger partial charge in [0.1, 0.15) is 5.75 Å². The normalized spacial score (nSPS) is 20.7. The van der Waals surface area contributed by atoms with E-state index in [1.165, 1.54) is 0 Å². The van der Waals surface area contributed by atoms with Crippen LogP contribution in [0, 0.1) is 0 Å². The number of benzene rings is 1. The first-order valence-corrected chi connectivity index (χ1v) is 9.71. The summed E-state index contributed by atoms with van der Waals surface area (Å²) >= 11 is 0. The first-order valence-electron chi connectivity index (χ1n) is 9.71. The first-order chi connectivity index (χ1) is 12.7. The van der Waals surface area contributed by atoms with E-state index < -0.39 is 0 Å². The number of allylic oxidation sites excluding steroid dienone is 4. The van der Waals surface area contributed by atoms with Gasteiger partial charge < -0.3 is 10.1 Å². The van der Waals surface area contributed by atoms with E-state index in [-0.39, 0.29) is 17.5 Å². The number of rotatable bonds is 4. The molecule has 1 heterocycles. The summed E-state index contributed by atoms with van der Waals surface area (Å²) in [5.74, 6) is 0.972. The second kappa shape index (κ2) is 7.10. The third-order valence-corrected chi connectivity index (χ3v) is 5.48. The van der Waals surface area contributed by atoms with Crippen molar-refractivity contribution in [3.8, 4) is 5.75 Å². The van der Waals surface area contributed by atoms with Gasteiger partial charge in [-0.1, -0.05) is 19.1 Å². The van der Waals surface area contributed by atoms with Gasteiger partial charge in [-0.2, -0.15) is 0 Å². The van der Waals surface area contributed by atoms with E-state index in [9.17, 15) is 9.59 Å². The molecule has 136 valence electrons. The van der Waals surface area contributed by atoms with E-state index >= 15 is 0 Å². The molecule has 26 heavy (non-hydrogen) atoms. The molecule has 0 unspecified atom stereocenters. The van der Waals surface area contributed by atoms with E-state index in [1.54, 1.807) is 0 Å². The summed E-state index contributed by atoms with van der Waals surface area (Å²) in [5.41, 5.74) is 4.71. The molecule has 0 amide bonds. The first kappa shape index (κ1) is 17.1. The van der Waals surface area contributed by atoms with Crippen LogP contribution >= 0.6 is 0 Å². The van der Waals surface area contributed by atoms with Gasteiger partial charge in [0, 0.05) is 41.3 Å². The Balaban J connectivity index is 1.77. The fourth-order valence-corrected chi connectivity index (χ4v) is 4.29. The van der Waals surface area contributed by atoms with Gasteiger partial charge in [-0.25, -0.2) is 0 Å². The molecule has 0 aromatic heterocycles. The Kier molecular flexibility index (Phi) is 4.66. The Labute approximate surface area is 154 Å².